The largest absolute Gasteiger partial charge is 0.493 e. The lowest BCUT2D eigenvalue weighted by Crippen LogP contribution is -2.11. The third-order valence-corrected chi connectivity index (χ3v) is 3.37. The molecule has 0 aliphatic carbocycles. The minimum atomic E-state index is 0.0340. The summed E-state index contributed by atoms with van der Waals surface area (Å²) in [6.07, 6.45) is 2.10. The summed E-state index contributed by atoms with van der Waals surface area (Å²) in [5, 5.41) is 2.89. The highest BCUT2D eigenvalue weighted by molar-refractivity contribution is 5.90. The number of ether oxygens (including phenoxy) is 2. The van der Waals surface area contributed by atoms with Gasteiger partial charge < -0.3 is 14.8 Å². The maximum absolute atomic E-state index is 11.9. The van der Waals surface area contributed by atoms with Crippen molar-refractivity contribution in [2.75, 3.05) is 19.5 Å². The molecular formula is C18H21NO3. The maximum Gasteiger partial charge on any atom is 0.224 e. The lowest BCUT2D eigenvalue weighted by atomic mass is 10.1. The molecule has 2 rings (SSSR count). The number of carbonyl (C=O) groups excluding carboxylic acids is 1. The first-order valence-electron chi connectivity index (χ1n) is 7.28. The number of hydrogen-bond acceptors (Lipinski definition) is 3. The second-order valence-electron chi connectivity index (χ2n) is 4.96. The minimum Gasteiger partial charge on any atom is -0.493 e. The van der Waals surface area contributed by atoms with Crippen molar-refractivity contribution in [2.45, 2.75) is 19.3 Å². The number of methoxy groups -OCH3 is 2. The predicted octanol–water partition coefficient (Wildman–Crippen LogP) is 3.67. The van der Waals surface area contributed by atoms with Gasteiger partial charge in [-0.2, -0.15) is 0 Å². The van der Waals surface area contributed by atoms with Crippen molar-refractivity contribution in [2.24, 2.45) is 0 Å². The molecule has 0 atom stereocenters. The van der Waals surface area contributed by atoms with Crippen LogP contribution in [0.4, 0.5) is 5.69 Å². The number of aryl methyl sites for hydroxylation is 1. The van der Waals surface area contributed by atoms with E-state index in [2.05, 4.69) is 5.32 Å². The van der Waals surface area contributed by atoms with E-state index in [1.165, 1.54) is 0 Å². The second kappa shape index (κ2) is 8.08. The van der Waals surface area contributed by atoms with E-state index in [1.807, 2.05) is 48.5 Å². The van der Waals surface area contributed by atoms with E-state index in [-0.39, 0.29) is 5.91 Å². The van der Waals surface area contributed by atoms with Crippen molar-refractivity contribution < 1.29 is 14.3 Å². The van der Waals surface area contributed by atoms with Crippen molar-refractivity contribution in [3.05, 3.63) is 54.1 Å². The monoisotopic (exact) mass is 299 g/mol. The zero-order valence-electron chi connectivity index (χ0n) is 13.0. The van der Waals surface area contributed by atoms with Gasteiger partial charge in [0.2, 0.25) is 5.91 Å². The molecule has 1 amide bonds. The zero-order chi connectivity index (χ0) is 15.8. The van der Waals surface area contributed by atoms with Gasteiger partial charge in [0, 0.05) is 12.1 Å². The molecule has 0 aromatic heterocycles. The molecule has 0 saturated carbocycles. The van der Waals surface area contributed by atoms with E-state index in [4.69, 9.17) is 9.47 Å². The first-order chi connectivity index (χ1) is 10.7. The molecule has 2 aromatic carbocycles. The van der Waals surface area contributed by atoms with Crippen molar-refractivity contribution in [3.63, 3.8) is 0 Å². The maximum atomic E-state index is 11.9. The highest BCUT2D eigenvalue weighted by Gasteiger charge is 2.06. The molecule has 0 heterocycles. The van der Waals surface area contributed by atoms with Crippen LogP contribution in [0.25, 0.3) is 0 Å². The van der Waals surface area contributed by atoms with E-state index in [0.29, 0.717) is 17.9 Å². The number of para-hydroxylation sites is 1. The van der Waals surface area contributed by atoms with Gasteiger partial charge in [0.1, 0.15) is 0 Å². The Kier molecular flexibility index (Phi) is 5.83. The fourth-order valence-corrected chi connectivity index (χ4v) is 2.23. The summed E-state index contributed by atoms with van der Waals surface area (Å²) >= 11 is 0. The third kappa shape index (κ3) is 4.52. The molecule has 0 fully saturated rings. The summed E-state index contributed by atoms with van der Waals surface area (Å²) in [5.74, 6) is 1.47. The van der Waals surface area contributed by atoms with Crippen LogP contribution in [0.1, 0.15) is 18.4 Å². The minimum absolute atomic E-state index is 0.0340. The Hall–Kier alpha value is -2.49. The van der Waals surface area contributed by atoms with Gasteiger partial charge in [-0.15, -0.1) is 0 Å². The van der Waals surface area contributed by atoms with Crippen LogP contribution in [0.3, 0.4) is 0 Å². The molecule has 0 unspecified atom stereocenters. The predicted molar refractivity (Wildman–Crippen MR) is 87.6 cm³/mol. The standard InChI is InChI=1S/C18H21NO3/c1-21-16-12-11-14(13-17(16)22-2)7-6-10-18(20)19-15-8-4-3-5-9-15/h3-5,8-9,11-13H,6-7,10H2,1-2H3,(H,19,20). The number of rotatable bonds is 7. The van der Waals surface area contributed by atoms with E-state index in [1.54, 1.807) is 14.2 Å². The van der Waals surface area contributed by atoms with Crippen molar-refractivity contribution >= 4 is 11.6 Å². The Bertz CT molecular complexity index is 611. The summed E-state index contributed by atoms with van der Waals surface area (Å²) in [6, 6.07) is 15.3. The van der Waals surface area contributed by atoms with Gasteiger partial charge in [-0.3, -0.25) is 4.79 Å². The highest BCUT2D eigenvalue weighted by Crippen LogP contribution is 2.28. The smallest absolute Gasteiger partial charge is 0.224 e. The third-order valence-electron chi connectivity index (χ3n) is 3.37. The molecule has 0 radical (unpaired) electrons. The Morgan fingerprint density at radius 1 is 1.00 bits per heavy atom. The van der Waals surface area contributed by atoms with Crippen LogP contribution in [0, 0.1) is 0 Å². The van der Waals surface area contributed by atoms with Crippen molar-refractivity contribution in [1.82, 2.24) is 0 Å². The topological polar surface area (TPSA) is 47.6 Å². The van der Waals surface area contributed by atoms with Crippen LogP contribution in [0.5, 0.6) is 11.5 Å². The van der Waals surface area contributed by atoms with E-state index < -0.39 is 0 Å². The number of carbonyl (C=O) groups is 1. The molecule has 0 bridgehead atoms. The lowest BCUT2D eigenvalue weighted by molar-refractivity contribution is -0.116. The summed E-state index contributed by atoms with van der Waals surface area (Å²) < 4.78 is 10.5. The zero-order valence-corrected chi connectivity index (χ0v) is 13.0. The molecular weight excluding hydrogens is 278 g/mol. The summed E-state index contributed by atoms with van der Waals surface area (Å²) in [5.41, 5.74) is 1.96. The number of hydrogen-bond donors (Lipinski definition) is 1. The van der Waals surface area contributed by atoms with Gasteiger partial charge >= 0.3 is 0 Å². The molecule has 4 nitrogen and oxygen atoms in total. The van der Waals surface area contributed by atoms with E-state index in [9.17, 15) is 4.79 Å². The van der Waals surface area contributed by atoms with Crippen molar-refractivity contribution in [3.8, 4) is 11.5 Å². The van der Waals surface area contributed by atoms with Crippen LogP contribution in [-0.4, -0.2) is 20.1 Å². The second-order valence-corrected chi connectivity index (χ2v) is 4.96. The lowest BCUT2D eigenvalue weighted by Gasteiger charge is -2.09. The SMILES string of the molecule is COc1ccc(CCCC(=O)Nc2ccccc2)cc1OC. The van der Waals surface area contributed by atoms with Crippen LogP contribution in [0.2, 0.25) is 0 Å². The molecule has 4 heteroatoms. The number of amides is 1. The first kappa shape index (κ1) is 15.9. The molecule has 0 aliphatic rings. The number of benzene rings is 2. The normalized spacial score (nSPS) is 10.1. The quantitative estimate of drug-likeness (QED) is 0.848. The van der Waals surface area contributed by atoms with E-state index in [0.717, 1.165) is 24.1 Å². The highest BCUT2D eigenvalue weighted by atomic mass is 16.5. The van der Waals surface area contributed by atoms with Gasteiger partial charge in [-0.1, -0.05) is 24.3 Å². The number of nitrogens with one attached hydrogen (secondary N) is 1. The Labute approximate surface area is 131 Å². The van der Waals surface area contributed by atoms with Gasteiger partial charge in [0.15, 0.2) is 11.5 Å². The summed E-state index contributed by atoms with van der Waals surface area (Å²) in [7, 11) is 3.24. The molecule has 0 aliphatic heterocycles. The van der Waals surface area contributed by atoms with Crippen LogP contribution in [0.15, 0.2) is 48.5 Å². The number of anilines is 1. The Morgan fingerprint density at radius 3 is 2.41 bits per heavy atom. The molecule has 22 heavy (non-hydrogen) atoms. The van der Waals surface area contributed by atoms with Crippen LogP contribution < -0.4 is 14.8 Å². The van der Waals surface area contributed by atoms with Crippen LogP contribution >= 0.6 is 0 Å². The molecule has 116 valence electrons. The summed E-state index contributed by atoms with van der Waals surface area (Å²) in [6.45, 7) is 0. The average molecular weight is 299 g/mol. The molecule has 1 N–H and O–H groups in total. The van der Waals surface area contributed by atoms with Crippen LogP contribution in [-0.2, 0) is 11.2 Å². The Balaban J connectivity index is 1.82. The van der Waals surface area contributed by atoms with Gasteiger partial charge in [-0.05, 0) is 42.7 Å². The van der Waals surface area contributed by atoms with Gasteiger partial charge in [-0.25, -0.2) is 0 Å². The van der Waals surface area contributed by atoms with E-state index >= 15 is 0 Å². The molecule has 0 saturated heterocycles. The van der Waals surface area contributed by atoms with Crippen molar-refractivity contribution in [1.29, 1.82) is 0 Å². The van der Waals surface area contributed by atoms with Gasteiger partial charge in [0.25, 0.3) is 0 Å². The summed E-state index contributed by atoms with van der Waals surface area (Å²) in [4.78, 5) is 11.9. The molecule has 0 spiro atoms. The van der Waals surface area contributed by atoms with Gasteiger partial charge in [0.05, 0.1) is 14.2 Å². The Morgan fingerprint density at radius 2 is 1.73 bits per heavy atom. The average Bonchev–Trinajstić information content (AvgIpc) is 2.55. The fraction of sp³-hybridized carbons (Fsp3) is 0.278. The molecule has 2 aromatic rings. The first-order valence-corrected chi connectivity index (χ1v) is 7.28. The fourth-order valence-electron chi connectivity index (χ4n) is 2.23.